The molecule has 2 aromatic rings. The van der Waals surface area contributed by atoms with E-state index >= 15 is 0 Å². The maximum absolute atomic E-state index is 12.2. The fourth-order valence-corrected chi connectivity index (χ4v) is 3.16. The number of hydrogen-bond donors (Lipinski definition) is 5. The second kappa shape index (κ2) is 10.1. The van der Waals surface area contributed by atoms with Gasteiger partial charge in [-0.1, -0.05) is 19.1 Å². The Morgan fingerprint density at radius 1 is 1.13 bits per heavy atom. The minimum absolute atomic E-state index is 0.00261. The molecular formula is C21H26O10. The quantitative estimate of drug-likeness (QED) is 0.222. The van der Waals surface area contributed by atoms with Gasteiger partial charge in [-0.15, -0.1) is 0 Å². The summed E-state index contributed by atoms with van der Waals surface area (Å²) in [5.41, 5.74) is -0.864. The van der Waals surface area contributed by atoms with Crippen molar-refractivity contribution in [1.82, 2.24) is 0 Å². The Morgan fingerprint density at radius 2 is 1.90 bits per heavy atom. The smallest absolute Gasteiger partial charge is 0.383 e. The summed E-state index contributed by atoms with van der Waals surface area (Å²) in [7, 11) is 0. The Labute approximate surface area is 177 Å². The highest BCUT2D eigenvalue weighted by Gasteiger charge is 2.44. The zero-order chi connectivity index (χ0) is 22.5. The summed E-state index contributed by atoms with van der Waals surface area (Å²) in [4.78, 5) is 12.2. The van der Waals surface area contributed by atoms with E-state index in [2.05, 4.69) is 0 Å². The van der Waals surface area contributed by atoms with Crippen molar-refractivity contribution in [2.24, 2.45) is 0 Å². The lowest BCUT2D eigenvalue weighted by molar-refractivity contribution is -0.277. The number of hydrogen-bond acceptors (Lipinski definition) is 10. The number of aliphatic hydroxyl groups excluding tert-OH is 4. The summed E-state index contributed by atoms with van der Waals surface area (Å²) >= 11 is 0. The van der Waals surface area contributed by atoms with E-state index in [9.17, 15) is 30.3 Å². The van der Waals surface area contributed by atoms with Crippen molar-refractivity contribution in [3.63, 3.8) is 0 Å². The molecule has 1 aromatic heterocycles. The molecule has 2 heterocycles. The Balaban J connectivity index is 1.79. The molecule has 0 radical (unpaired) electrons. The lowest BCUT2D eigenvalue weighted by Crippen LogP contribution is -2.60. The van der Waals surface area contributed by atoms with Gasteiger partial charge in [-0.05, 0) is 25.0 Å². The van der Waals surface area contributed by atoms with Crippen molar-refractivity contribution < 1.29 is 44.2 Å². The molecule has 1 aliphatic heterocycles. The van der Waals surface area contributed by atoms with E-state index in [1.807, 2.05) is 19.1 Å². The van der Waals surface area contributed by atoms with Crippen molar-refractivity contribution in [2.75, 3.05) is 13.2 Å². The highest BCUT2D eigenvalue weighted by molar-refractivity contribution is 5.86. The van der Waals surface area contributed by atoms with E-state index in [0.717, 1.165) is 6.42 Å². The number of ether oxygens (including phenoxy) is 3. The lowest BCUT2D eigenvalue weighted by atomic mass is 9.99. The summed E-state index contributed by atoms with van der Waals surface area (Å²) in [5.74, 6) is -0.567. The van der Waals surface area contributed by atoms with Gasteiger partial charge in [-0.3, -0.25) is 0 Å². The van der Waals surface area contributed by atoms with Crippen LogP contribution in [0.2, 0.25) is 0 Å². The topological polar surface area (TPSA) is 159 Å². The highest BCUT2D eigenvalue weighted by atomic mass is 16.7. The zero-order valence-corrected chi connectivity index (χ0v) is 16.9. The summed E-state index contributed by atoms with van der Waals surface area (Å²) in [6, 6.07) is 4.15. The molecule has 5 atom stereocenters. The molecule has 1 saturated heterocycles. The van der Waals surface area contributed by atoms with Gasteiger partial charge < -0.3 is 44.2 Å². The molecule has 5 N–H and O–H groups in total. The second-order valence-electron chi connectivity index (χ2n) is 7.06. The van der Waals surface area contributed by atoms with Gasteiger partial charge in [0.1, 0.15) is 35.7 Å². The number of benzene rings is 1. The van der Waals surface area contributed by atoms with Crippen molar-refractivity contribution in [2.45, 2.75) is 50.5 Å². The Kier molecular flexibility index (Phi) is 7.52. The van der Waals surface area contributed by atoms with E-state index in [0.29, 0.717) is 6.42 Å². The Bertz CT molecular complexity index is 967. The van der Waals surface area contributed by atoms with Crippen LogP contribution in [0.1, 0.15) is 19.8 Å². The molecule has 0 unspecified atom stereocenters. The minimum Gasteiger partial charge on any atom is -0.504 e. The van der Waals surface area contributed by atoms with Crippen LogP contribution in [0.25, 0.3) is 11.0 Å². The van der Waals surface area contributed by atoms with Gasteiger partial charge in [-0.2, -0.15) is 0 Å². The van der Waals surface area contributed by atoms with Crippen molar-refractivity contribution >= 4 is 11.0 Å². The second-order valence-corrected chi connectivity index (χ2v) is 7.06. The number of allylic oxidation sites excluding steroid dienone is 1. The van der Waals surface area contributed by atoms with Crippen LogP contribution in [0.4, 0.5) is 0 Å². The monoisotopic (exact) mass is 438 g/mol. The van der Waals surface area contributed by atoms with Crippen molar-refractivity contribution in [3.05, 3.63) is 40.8 Å². The number of aliphatic hydroxyl groups is 4. The first-order valence-corrected chi connectivity index (χ1v) is 9.92. The maximum Gasteiger partial charge on any atom is 0.383 e. The molecule has 1 aromatic carbocycles. The fourth-order valence-electron chi connectivity index (χ4n) is 3.16. The van der Waals surface area contributed by atoms with Crippen LogP contribution in [0.15, 0.2) is 39.6 Å². The van der Waals surface area contributed by atoms with Crippen molar-refractivity contribution in [1.29, 1.82) is 0 Å². The average Bonchev–Trinajstić information content (AvgIpc) is 2.75. The van der Waals surface area contributed by atoms with Crippen LogP contribution in [0.3, 0.4) is 0 Å². The molecule has 31 heavy (non-hydrogen) atoms. The molecule has 3 rings (SSSR count). The van der Waals surface area contributed by atoms with Crippen molar-refractivity contribution in [3.8, 4) is 17.2 Å². The Hall–Kier alpha value is -2.63. The molecule has 0 spiro atoms. The van der Waals surface area contributed by atoms with Crippen LogP contribution in [-0.2, 0) is 4.74 Å². The third-order valence-electron chi connectivity index (χ3n) is 4.85. The largest absolute Gasteiger partial charge is 0.504 e. The van der Waals surface area contributed by atoms with Gasteiger partial charge in [0.05, 0.1) is 18.6 Å². The third-order valence-corrected chi connectivity index (χ3v) is 4.85. The van der Waals surface area contributed by atoms with E-state index < -0.39 is 42.9 Å². The van der Waals surface area contributed by atoms with Crippen LogP contribution < -0.4 is 15.1 Å². The van der Waals surface area contributed by atoms with Crippen LogP contribution in [-0.4, -0.2) is 69.5 Å². The van der Waals surface area contributed by atoms with E-state index in [1.54, 1.807) is 0 Å². The highest BCUT2D eigenvalue weighted by Crippen LogP contribution is 2.34. The summed E-state index contributed by atoms with van der Waals surface area (Å²) in [5, 5.41) is 49.7. The van der Waals surface area contributed by atoms with Gasteiger partial charge in [0, 0.05) is 6.07 Å². The molecule has 10 heteroatoms. The van der Waals surface area contributed by atoms with E-state index in [1.165, 1.54) is 18.2 Å². The van der Waals surface area contributed by atoms with Gasteiger partial charge in [0.15, 0.2) is 5.75 Å². The standard InChI is InChI=1S/C21H26O10/c1-2-3-4-5-8-28-19-15(23)12-7-6-11(9-13(12)30-20(19)27)29-21-18(26)17(25)16(24)14(10-22)31-21/h3-4,6-7,9,14,16-18,21-26H,2,5,8,10H2,1H3/t14-,16+,17+,18-,21-/m1/s1. The molecule has 1 fully saturated rings. The van der Waals surface area contributed by atoms with Gasteiger partial charge in [-0.25, -0.2) is 4.79 Å². The lowest BCUT2D eigenvalue weighted by Gasteiger charge is -2.39. The van der Waals surface area contributed by atoms with E-state index in [4.69, 9.17) is 18.6 Å². The zero-order valence-electron chi connectivity index (χ0n) is 16.9. The normalized spacial score (nSPS) is 26.4. The first kappa shape index (κ1) is 23.0. The van der Waals surface area contributed by atoms with Crippen LogP contribution in [0, 0.1) is 0 Å². The molecule has 0 amide bonds. The molecule has 0 aliphatic carbocycles. The average molecular weight is 438 g/mol. The summed E-state index contributed by atoms with van der Waals surface area (Å²) in [6.07, 6.45) is -1.90. The molecule has 10 nitrogen and oxygen atoms in total. The molecule has 0 bridgehead atoms. The predicted octanol–water partition coefficient (Wildman–Crippen LogP) is 0.412. The van der Waals surface area contributed by atoms with E-state index in [-0.39, 0.29) is 34.8 Å². The predicted molar refractivity (Wildman–Crippen MR) is 108 cm³/mol. The first-order valence-electron chi connectivity index (χ1n) is 9.92. The first-order chi connectivity index (χ1) is 14.9. The van der Waals surface area contributed by atoms with Crippen LogP contribution in [0.5, 0.6) is 17.2 Å². The Morgan fingerprint density at radius 3 is 2.61 bits per heavy atom. The fraction of sp³-hybridized carbons (Fsp3) is 0.476. The summed E-state index contributed by atoms with van der Waals surface area (Å²) < 4.78 is 21.4. The molecule has 1 aliphatic rings. The number of aromatic hydroxyl groups is 1. The number of rotatable bonds is 8. The van der Waals surface area contributed by atoms with Gasteiger partial charge in [0.2, 0.25) is 12.0 Å². The molecular weight excluding hydrogens is 412 g/mol. The summed E-state index contributed by atoms with van der Waals surface area (Å²) in [6.45, 7) is 1.59. The SMILES string of the molecule is CCC=CCCOc1c(O)c2ccc(O[C@@H]3O[C@H](CO)[C@H](O)[C@H](O)[C@H]3O)cc2oc1=O. The number of fused-ring (bicyclic) bond motifs is 1. The van der Waals surface area contributed by atoms with Gasteiger partial charge in [0.25, 0.3) is 0 Å². The third kappa shape index (κ3) is 5.00. The minimum atomic E-state index is -1.59. The molecule has 0 saturated carbocycles. The molecule has 170 valence electrons. The van der Waals surface area contributed by atoms with Gasteiger partial charge >= 0.3 is 5.63 Å². The maximum atomic E-state index is 12.2. The van der Waals surface area contributed by atoms with Crippen LogP contribution >= 0.6 is 0 Å².